The Kier molecular flexibility index (Phi) is 16.2. The van der Waals surface area contributed by atoms with E-state index in [0.717, 1.165) is 12.8 Å². The van der Waals surface area contributed by atoms with Crippen LogP contribution in [0.15, 0.2) is 0 Å². The van der Waals surface area contributed by atoms with Crippen molar-refractivity contribution in [2.24, 2.45) is 0 Å². The highest BCUT2D eigenvalue weighted by Crippen LogP contribution is 2.22. The molecule has 0 aromatic heterocycles. The molecule has 0 aliphatic carbocycles. The molecule has 1 saturated heterocycles. The summed E-state index contributed by atoms with van der Waals surface area (Å²) in [4.78, 5) is 12.0. The zero-order valence-electron chi connectivity index (χ0n) is 19.4. The second-order valence-electron chi connectivity index (χ2n) is 8.89. The van der Waals surface area contributed by atoms with Crippen LogP contribution in [0.1, 0.15) is 110 Å². The standard InChI is InChI=1S/C24H46O7/c1-2-3-4-5-6-7-8-9-10-11-12-13-14-15-16-17-20(26)31-24-23(29)22(28)21(27)19(18-25)30-24/h19,21-25,27-29H,2-18H2,1H3/t19-,21-,22+,23-,24?/m1/s1. The average Bonchev–Trinajstić information content (AvgIpc) is 2.76. The number of carbonyl (C=O) groups is 1. The fourth-order valence-corrected chi connectivity index (χ4v) is 3.99. The number of carbonyl (C=O) groups excluding carboxylic acids is 1. The molecule has 1 aliphatic heterocycles. The smallest absolute Gasteiger partial charge is 0.308 e. The average molecular weight is 447 g/mol. The molecule has 31 heavy (non-hydrogen) atoms. The van der Waals surface area contributed by atoms with Crippen molar-refractivity contribution in [1.82, 2.24) is 0 Å². The second-order valence-corrected chi connectivity index (χ2v) is 8.89. The summed E-state index contributed by atoms with van der Waals surface area (Å²) >= 11 is 0. The van der Waals surface area contributed by atoms with Crippen LogP contribution in [0.2, 0.25) is 0 Å². The number of unbranched alkanes of at least 4 members (excludes halogenated alkanes) is 14. The largest absolute Gasteiger partial charge is 0.433 e. The molecule has 7 nitrogen and oxygen atoms in total. The summed E-state index contributed by atoms with van der Waals surface area (Å²) in [6.07, 6.45) is 12.0. The second kappa shape index (κ2) is 17.8. The molecule has 1 rings (SSSR count). The van der Waals surface area contributed by atoms with E-state index in [2.05, 4.69) is 6.92 Å². The Bertz CT molecular complexity index is 444. The summed E-state index contributed by atoms with van der Waals surface area (Å²) in [5.41, 5.74) is 0. The maximum absolute atomic E-state index is 12.0. The van der Waals surface area contributed by atoms with Crippen LogP contribution in [0.25, 0.3) is 0 Å². The van der Waals surface area contributed by atoms with Gasteiger partial charge in [-0.05, 0) is 6.42 Å². The van der Waals surface area contributed by atoms with Gasteiger partial charge in [0.25, 0.3) is 0 Å². The van der Waals surface area contributed by atoms with Gasteiger partial charge in [-0.25, -0.2) is 0 Å². The summed E-state index contributed by atoms with van der Waals surface area (Å²) in [6, 6.07) is 0. The molecule has 0 aromatic rings. The van der Waals surface area contributed by atoms with Gasteiger partial charge in [0.2, 0.25) is 6.29 Å². The van der Waals surface area contributed by atoms with E-state index < -0.39 is 43.3 Å². The van der Waals surface area contributed by atoms with Crippen LogP contribution in [-0.4, -0.2) is 63.7 Å². The van der Waals surface area contributed by atoms with Crippen LogP contribution in [0.5, 0.6) is 0 Å². The maximum atomic E-state index is 12.0. The zero-order chi connectivity index (χ0) is 22.9. The minimum absolute atomic E-state index is 0.216. The van der Waals surface area contributed by atoms with Gasteiger partial charge < -0.3 is 29.9 Å². The Labute approximate surface area is 188 Å². The highest BCUT2D eigenvalue weighted by molar-refractivity contribution is 5.69. The lowest BCUT2D eigenvalue weighted by molar-refractivity contribution is -0.292. The van der Waals surface area contributed by atoms with Crippen molar-refractivity contribution in [1.29, 1.82) is 0 Å². The van der Waals surface area contributed by atoms with Gasteiger partial charge >= 0.3 is 5.97 Å². The number of esters is 1. The molecule has 184 valence electrons. The molecule has 1 aliphatic rings. The van der Waals surface area contributed by atoms with Gasteiger partial charge in [0.1, 0.15) is 24.4 Å². The summed E-state index contributed by atoms with van der Waals surface area (Å²) in [6.45, 7) is 1.71. The monoisotopic (exact) mass is 446 g/mol. The van der Waals surface area contributed by atoms with Crippen LogP contribution < -0.4 is 0 Å². The molecular formula is C24H46O7. The SMILES string of the molecule is CCCCCCCCCCCCCCCCCC(=O)OC1O[C@H](CO)[C@@H](O)[C@H](O)[C@H]1O. The Morgan fingerprint density at radius 2 is 1.16 bits per heavy atom. The van der Waals surface area contributed by atoms with E-state index in [9.17, 15) is 20.1 Å². The number of aliphatic hydroxyl groups excluding tert-OH is 4. The maximum Gasteiger partial charge on any atom is 0.308 e. The van der Waals surface area contributed by atoms with E-state index >= 15 is 0 Å². The van der Waals surface area contributed by atoms with Crippen molar-refractivity contribution in [3.05, 3.63) is 0 Å². The first-order valence-corrected chi connectivity index (χ1v) is 12.5. The highest BCUT2D eigenvalue weighted by atomic mass is 16.7. The van der Waals surface area contributed by atoms with Crippen molar-refractivity contribution in [3.8, 4) is 0 Å². The van der Waals surface area contributed by atoms with Gasteiger partial charge in [-0.3, -0.25) is 4.79 Å². The minimum Gasteiger partial charge on any atom is -0.433 e. The molecule has 0 radical (unpaired) electrons. The van der Waals surface area contributed by atoms with Gasteiger partial charge in [0, 0.05) is 6.42 Å². The van der Waals surface area contributed by atoms with Crippen molar-refractivity contribution in [2.45, 2.75) is 140 Å². The van der Waals surface area contributed by atoms with Crippen molar-refractivity contribution in [3.63, 3.8) is 0 Å². The lowest BCUT2D eigenvalue weighted by Gasteiger charge is -2.39. The van der Waals surface area contributed by atoms with E-state index in [1.54, 1.807) is 0 Å². The lowest BCUT2D eigenvalue weighted by atomic mass is 9.99. The molecular weight excluding hydrogens is 400 g/mol. The van der Waals surface area contributed by atoms with Crippen LogP contribution >= 0.6 is 0 Å². The van der Waals surface area contributed by atoms with Crippen molar-refractivity contribution >= 4 is 5.97 Å². The third-order valence-electron chi connectivity index (χ3n) is 6.08. The summed E-state index contributed by atoms with van der Waals surface area (Å²) in [5.74, 6) is -0.515. The van der Waals surface area contributed by atoms with Gasteiger partial charge in [-0.2, -0.15) is 0 Å². The van der Waals surface area contributed by atoms with Gasteiger partial charge in [-0.15, -0.1) is 0 Å². The molecule has 1 fully saturated rings. The fraction of sp³-hybridized carbons (Fsp3) is 0.958. The highest BCUT2D eigenvalue weighted by Gasteiger charge is 2.45. The van der Waals surface area contributed by atoms with Crippen LogP contribution in [0, 0.1) is 0 Å². The van der Waals surface area contributed by atoms with Crippen molar-refractivity contribution in [2.75, 3.05) is 6.61 Å². The molecule has 1 unspecified atom stereocenters. The van der Waals surface area contributed by atoms with E-state index in [4.69, 9.17) is 14.6 Å². The predicted octanol–water partition coefficient (Wildman–Crippen LogP) is 3.59. The summed E-state index contributed by atoms with van der Waals surface area (Å²) in [7, 11) is 0. The molecule has 7 heteroatoms. The van der Waals surface area contributed by atoms with Crippen LogP contribution in [0.4, 0.5) is 0 Å². The normalized spacial score (nSPS) is 26.2. The molecule has 0 aromatic carbocycles. The van der Waals surface area contributed by atoms with Gasteiger partial charge in [-0.1, -0.05) is 96.8 Å². The first-order valence-electron chi connectivity index (χ1n) is 12.5. The molecule has 0 spiro atoms. The number of ether oxygens (including phenoxy) is 2. The molecule has 0 bridgehead atoms. The molecule has 5 atom stereocenters. The number of aliphatic hydroxyl groups is 4. The number of hydrogen-bond acceptors (Lipinski definition) is 7. The van der Waals surface area contributed by atoms with Crippen molar-refractivity contribution < 1.29 is 34.7 Å². The van der Waals surface area contributed by atoms with E-state index in [1.165, 1.54) is 77.0 Å². The zero-order valence-corrected chi connectivity index (χ0v) is 19.4. The van der Waals surface area contributed by atoms with Gasteiger partial charge in [0.05, 0.1) is 6.61 Å². The molecule has 1 heterocycles. The Morgan fingerprint density at radius 1 is 0.710 bits per heavy atom. The molecule has 0 amide bonds. The number of rotatable bonds is 18. The van der Waals surface area contributed by atoms with Gasteiger partial charge in [0.15, 0.2) is 0 Å². The third kappa shape index (κ3) is 12.2. The fourth-order valence-electron chi connectivity index (χ4n) is 3.99. The first-order chi connectivity index (χ1) is 15.0. The molecule has 0 saturated carbocycles. The third-order valence-corrected chi connectivity index (χ3v) is 6.08. The number of hydrogen-bond donors (Lipinski definition) is 4. The Balaban J connectivity index is 1.95. The van der Waals surface area contributed by atoms with E-state index in [-0.39, 0.29) is 6.42 Å². The Morgan fingerprint density at radius 3 is 1.61 bits per heavy atom. The van der Waals surface area contributed by atoms with E-state index in [0.29, 0.717) is 6.42 Å². The first kappa shape index (κ1) is 28.3. The molecule has 4 N–H and O–H groups in total. The van der Waals surface area contributed by atoms with Crippen LogP contribution in [0.3, 0.4) is 0 Å². The minimum atomic E-state index is -1.54. The summed E-state index contributed by atoms with van der Waals surface area (Å²) in [5, 5.41) is 38.5. The van der Waals surface area contributed by atoms with Crippen LogP contribution in [-0.2, 0) is 14.3 Å². The quantitative estimate of drug-likeness (QED) is 0.188. The topological polar surface area (TPSA) is 116 Å². The van der Waals surface area contributed by atoms with E-state index in [1.807, 2.05) is 0 Å². The lowest BCUT2D eigenvalue weighted by Crippen LogP contribution is -2.59. The predicted molar refractivity (Wildman–Crippen MR) is 119 cm³/mol. The Hall–Kier alpha value is -0.730. The summed E-state index contributed by atoms with van der Waals surface area (Å²) < 4.78 is 10.3.